The van der Waals surface area contributed by atoms with Crippen LogP contribution in [0, 0.1) is 0 Å². The first-order valence-electron chi connectivity index (χ1n) is 6.35. The molecule has 1 aliphatic rings. The van der Waals surface area contributed by atoms with Gasteiger partial charge in [0.05, 0.1) is 6.10 Å². The third-order valence-electron chi connectivity index (χ3n) is 3.16. The van der Waals surface area contributed by atoms with E-state index < -0.39 is 5.97 Å². The lowest BCUT2D eigenvalue weighted by atomic mass is 10.3. The maximum Gasteiger partial charge on any atom is 0.352 e. The molecule has 6 nitrogen and oxygen atoms in total. The van der Waals surface area contributed by atoms with Gasteiger partial charge in [-0.05, 0) is 25.5 Å². The van der Waals surface area contributed by atoms with Gasteiger partial charge >= 0.3 is 5.97 Å². The molecular formula is C13H18N2O4. The average molecular weight is 266 g/mol. The number of aromatic nitrogens is 1. The van der Waals surface area contributed by atoms with Gasteiger partial charge < -0.3 is 19.3 Å². The first-order chi connectivity index (χ1) is 9.08. The molecule has 0 spiro atoms. The van der Waals surface area contributed by atoms with Gasteiger partial charge in [0.1, 0.15) is 12.2 Å². The van der Waals surface area contributed by atoms with Crippen molar-refractivity contribution in [2.24, 2.45) is 0 Å². The molecular weight excluding hydrogens is 248 g/mol. The van der Waals surface area contributed by atoms with E-state index in [0.717, 1.165) is 6.42 Å². The maximum absolute atomic E-state index is 12.2. The van der Waals surface area contributed by atoms with Crippen LogP contribution in [0.4, 0.5) is 0 Å². The van der Waals surface area contributed by atoms with Crippen LogP contribution in [0.25, 0.3) is 0 Å². The molecule has 1 aromatic rings. The van der Waals surface area contributed by atoms with Crippen LogP contribution in [0.5, 0.6) is 0 Å². The number of nitrogens with zero attached hydrogens (tertiary/aromatic N) is 2. The van der Waals surface area contributed by atoms with E-state index in [1.807, 2.05) is 6.92 Å². The number of carboxylic acids is 1. The fraction of sp³-hybridized carbons (Fsp3) is 0.538. The normalized spacial score (nSPS) is 20.1. The predicted molar refractivity (Wildman–Crippen MR) is 68.0 cm³/mol. The molecule has 2 rings (SSSR count). The summed E-state index contributed by atoms with van der Waals surface area (Å²) in [5, 5.41) is 9.00. The summed E-state index contributed by atoms with van der Waals surface area (Å²) in [4.78, 5) is 24.9. The average Bonchev–Trinajstić information content (AvgIpc) is 2.70. The molecule has 1 atom stereocenters. The van der Waals surface area contributed by atoms with Gasteiger partial charge in [-0.1, -0.05) is 0 Å². The van der Waals surface area contributed by atoms with Crippen molar-refractivity contribution in [2.45, 2.75) is 26.0 Å². The van der Waals surface area contributed by atoms with Crippen molar-refractivity contribution in [2.75, 3.05) is 19.7 Å². The molecule has 1 aliphatic heterocycles. The summed E-state index contributed by atoms with van der Waals surface area (Å²) in [6.45, 7) is 3.87. The number of aromatic carboxylic acids is 1. The smallest absolute Gasteiger partial charge is 0.352 e. The Morgan fingerprint density at radius 3 is 3.05 bits per heavy atom. The SMILES string of the molecule is CC1CN(C(=O)Cn2cccc2C(=O)O)CCCO1. The number of amides is 1. The van der Waals surface area contributed by atoms with Gasteiger partial charge in [-0.2, -0.15) is 0 Å². The van der Waals surface area contributed by atoms with Crippen LogP contribution in [-0.2, 0) is 16.1 Å². The Hall–Kier alpha value is -1.82. The van der Waals surface area contributed by atoms with Crippen molar-refractivity contribution in [3.05, 3.63) is 24.0 Å². The van der Waals surface area contributed by atoms with Crippen LogP contribution in [0.1, 0.15) is 23.8 Å². The zero-order chi connectivity index (χ0) is 13.8. The summed E-state index contributed by atoms with van der Waals surface area (Å²) in [6, 6.07) is 3.12. The molecule has 1 N–H and O–H groups in total. The molecule has 0 saturated carbocycles. The van der Waals surface area contributed by atoms with Crippen LogP contribution in [-0.4, -0.2) is 52.3 Å². The largest absolute Gasteiger partial charge is 0.477 e. The Balaban J connectivity index is 2.03. The highest BCUT2D eigenvalue weighted by atomic mass is 16.5. The predicted octanol–water partition coefficient (Wildman–Crippen LogP) is 0.824. The fourth-order valence-corrected chi connectivity index (χ4v) is 2.21. The fourth-order valence-electron chi connectivity index (χ4n) is 2.21. The minimum atomic E-state index is -1.02. The summed E-state index contributed by atoms with van der Waals surface area (Å²) in [5.41, 5.74) is 0.132. The van der Waals surface area contributed by atoms with E-state index in [0.29, 0.717) is 19.7 Å². The molecule has 0 bridgehead atoms. The maximum atomic E-state index is 12.2. The van der Waals surface area contributed by atoms with Gasteiger partial charge in [0, 0.05) is 25.9 Å². The molecule has 1 fully saturated rings. The molecule has 1 aromatic heterocycles. The third-order valence-corrected chi connectivity index (χ3v) is 3.16. The van der Waals surface area contributed by atoms with Crippen LogP contribution >= 0.6 is 0 Å². The second-order valence-electron chi connectivity index (χ2n) is 4.70. The molecule has 19 heavy (non-hydrogen) atoms. The number of hydrogen-bond donors (Lipinski definition) is 1. The van der Waals surface area contributed by atoms with Crippen molar-refractivity contribution in [3.8, 4) is 0 Å². The Morgan fingerprint density at radius 1 is 1.53 bits per heavy atom. The summed E-state index contributed by atoms with van der Waals surface area (Å²) >= 11 is 0. The van der Waals surface area contributed by atoms with E-state index in [1.165, 1.54) is 10.6 Å². The third kappa shape index (κ3) is 3.35. The minimum Gasteiger partial charge on any atom is -0.477 e. The Labute approximate surface area is 111 Å². The van der Waals surface area contributed by atoms with Gasteiger partial charge in [0.15, 0.2) is 0 Å². The summed E-state index contributed by atoms with van der Waals surface area (Å²) < 4.78 is 6.94. The highest BCUT2D eigenvalue weighted by Gasteiger charge is 2.21. The van der Waals surface area contributed by atoms with Gasteiger partial charge in [-0.25, -0.2) is 4.79 Å². The van der Waals surface area contributed by atoms with Gasteiger partial charge in [-0.3, -0.25) is 4.79 Å². The second kappa shape index (κ2) is 5.88. The highest BCUT2D eigenvalue weighted by Crippen LogP contribution is 2.08. The molecule has 104 valence electrons. The molecule has 0 radical (unpaired) electrons. The second-order valence-corrected chi connectivity index (χ2v) is 4.70. The molecule has 0 aliphatic carbocycles. The summed E-state index contributed by atoms with van der Waals surface area (Å²) in [5.74, 6) is -1.10. The summed E-state index contributed by atoms with van der Waals surface area (Å²) in [7, 11) is 0. The van der Waals surface area contributed by atoms with E-state index in [2.05, 4.69) is 0 Å². The van der Waals surface area contributed by atoms with Gasteiger partial charge in [0.2, 0.25) is 5.91 Å². The molecule has 1 saturated heterocycles. The highest BCUT2D eigenvalue weighted by molar-refractivity contribution is 5.86. The number of carbonyl (C=O) groups is 2. The van der Waals surface area contributed by atoms with Crippen molar-refractivity contribution in [3.63, 3.8) is 0 Å². The van der Waals surface area contributed by atoms with Crippen molar-refractivity contribution in [1.29, 1.82) is 0 Å². The number of carbonyl (C=O) groups excluding carboxylic acids is 1. The lowest BCUT2D eigenvalue weighted by molar-refractivity contribution is -0.132. The van der Waals surface area contributed by atoms with E-state index in [4.69, 9.17) is 9.84 Å². The Kier molecular flexibility index (Phi) is 4.21. The topological polar surface area (TPSA) is 71.8 Å². The van der Waals surface area contributed by atoms with Crippen molar-refractivity contribution in [1.82, 2.24) is 9.47 Å². The zero-order valence-corrected chi connectivity index (χ0v) is 10.9. The first kappa shape index (κ1) is 13.6. The zero-order valence-electron chi connectivity index (χ0n) is 10.9. The van der Waals surface area contributed by atoms with Crippen LogP contribution in [0.3, 0.4) is 0 Å². The lowest BCUT2D eigenvalue weighted by Gasteiger charge is -2.22. The van der Waals surface area contributed by atoms with Gasteiger partial charge in [-0.15, -0.1) is 0 Å². The molecule has 0 aromatic carbocycles. The van der Waals surface area contributed by atoms with Crippen molar-refractivity contribution >= 4 is 11.9 Å². The lowest BCUT2D eigenvalue weighted by Crippen LogP contribution is -2.38. The molecule has 2 heterocycles. The number of carboxylic acid groups (broad SMARTS) is 1. The van der Waals surface area contributed by atoms with E-state index in [-0.39, 0.29) is 24.2 Å². The minimum absolute atomic E-state index is 0.0232. The van der Waals surface area contributed by atoms with E-state index in [9.17, 15) is 9.59 Å². The summed E-state index contributed by atoms with van der Waals surface area (Å²) in [6.07, 6.45) is 2.45. The van der Waals surface area contributed by atoms with Crippen LogP contribution < -0.4 is 0 Å². The monoisotopic (exact) mass is 266 g/mol. The molecule has 1 unspecified atom stereocenters. The number of ether oxygens (including phenoxy) is 1. The van der Waals surface area contributed by atoms with Crippen LogP contribution in [0.15, 0.2) is 18.3 Å². The number of hydrogen-bond acceptors (Lipinski definition) is 3. The first-order valence-corrected chi connectivity index (χ1v) is 6.35. The van der Waals surface area contributed by atoms with E-state index in [1.54, 1.807) is 17.2 Å². The standard InChI is InChI=1S/C13H18N2O4/c1-10-8-15(6-3-7-19-10)12(16)9-14-5-2-4-11(14)13(17)18/h2,4-5,10H,3,6-9H2,1H3,(H,17,18). The molecule has 6 heteroatoms. The van der Waals surface area contributed by atoms with Crippen LogP contribution in [0.2, 0.25) is 0 Å². The Morgan fingerprint density at radius 2 is 2.32 bits per heavy atom. The van der Waals surface area contributed by atoms with Crippen molar-refractivity contribution < 1.29 is 19.4 Å². The number of rotatable bonds is 3. The quantitative estimate of drug-likeness (QED) is 0.879. The Bertz CT molecular complexity index is 469. The molecule has 1 amide bonds. The van der Waals surface area contributed by atoms with Gasteiger partial charge in [0.25, 0.3) is 0 Å². The van der Waals surface area contributed by atoms with E-state index >= 15 is 0 Å².